The summed E-state index contributed by atoms with van der Waals surface area (Å²) < 4.78 is 5.16. The number of nitrogens with one attached hydrogen (secondary N) is 1. The predicted molar refractivity (Wildman–Crippen MR) is 76.7 cm³/mol. The third kappa shape index (κ3) is 2.94. The number of hydrogen-bond donors (Lipinski definition) is 1. The van der Waals surface area contributed by atoms with Gasteiger partial charge >= 0.3 is 5.00 Å². The van der Waals surface area contributed by atoms with Crippen molar-refractivity contribution in [3.63, 3.8) is 0 Å². The second kappa shape index (κ2) is 5.70. The van der Waals surface area contributed by atoms with Gasteiger partial charge in [-0.15, -0.1) is 0 Å². The number of methoxy groups -OCH3 is 1. The molecule has 1 heterocycles. The summed E-state index contributed by atoms with van der Waals surface area (Å²) in [6, 6.07) is 8.14. The number of carbonyl (C=O) groups excluding carboxylic acids is 1. The standard InChI is InChI=1S/C13H12N2O4S/c1-8-3-4-10(19-2)9(7-8)14-13(16)11-5-6-12(20-11)15(17)18/h3-7H,1-2H3,(H,14,16). The van der Waals surface area contributed by atoms with Gasteiger partial charge in [-0.05, 0) is 30.7 Å². The Labute approximate surface area is 119 Å². The molecule has 0 fully saturated rings. The number of amides is 1. The number of anilines is 1. The predicted octanol–water partition coefficient (Wildman–Crippen LogP) is 3.23. The van der Waals surface area contributed by atoms with Crippen molar-refractivity contribution in [2.45, 2.75) is 6.92 Å². The summed E-state index contributed by atoms with van der Waals surface area (Å²) in [5.74, 6) is 0.141. The van der Waals surface area contributed by atoms with E-state index in [9.17, 15) is 14.9 Å². The molecular formula is C13H12N2O4S. The third-order valence-corrected chi connectivity index (χ3v) is 3.63. The van der Waals surface area contributed by atoms with Gasteiger partial charge in [0.2, 0.25) is 0 Å². The zero-order valence-electron chi connectivity index (χ0n) is 10.9. The van der Waals surface area contributed by atoms with Crippen molar-refractivity contribution in [3.05, 3.63) is 50.9 Å². The van der Waals surface area contributed by atoms with Crippen molar-refractivity contribution in [1.82, 2.24) is 0 Å². The van der Waals surface area contributed by atoms with Gasteiger partial charge in [0.05, 0.1) is 22.6 Å². The molecule has 6 nitrogen and oxygen atoms in total. The van der Waals surface area contributed by atoms with E-state index in [2.05, 4.69) is 5.32 Å². The molecule has 104 valence electrons. The van der Waals surface area contributed by atoms with Gasteiger partial charge < -0.3 is 10.1 Å². The van der Waals surface area contributed by atoms with E-state index in [0.717, 1.165) is 16.9 Å². The number of aryl methyl sites for hydroxylation is 1. The van der Waals surface area contributed by atoms with Crippen LogP contribution in [-0.4, -0.2) is 17.9 Å². The number of benzene rings is 1. The third-order valence-electron chi connectivity index (χ3n) is 2.60. The van der Waals surface area contributed by atoms with Gasteiger partial charge in [-0.3, -0.25) is 14.9 Å². The van der Waals surface area contributed by atoms with E-state index in [1.54, 1.807) is 12.1 Å². The Balaban J connectivity index is 2.22. The molecule has 0 saturated carbocycles. The topological polar surface area (TPSA) is 81.5 Å². The fraction of sp³-hybridized carbons (Fsp3) is 0.154. The second-order valence-electron chi connectivity index (χ2n) is 4.05. The number of nitro groups is 1. The molecule has 0 aliphatic heterocycles. The Kier molecular flexibility index (Phi) is 3.99. The van der Waals surface area contributed by atoms with E-state index in [4.69, 9.17) is 4.74 Å². The van der Waals surface area contributed by atoms with Crippen LogP contribution >= 0.6 is 11.3 Å². The van der Waals surface area contributed by atoms with Crippen LogP contribution in [-0.2, 0) is 0 Å². The highest BCUT2D eigenvalue weighted by molar-refractivity contribution is 7.17. The minimum Gasteiger partial charge on any atom is -0.495 e. The molecule has 1 N–H and O–H groups in total. The second-order valence-corrected chi connectivity index (χ2v) is 5.12. The van der Waals surface area contributed by atoms with E-state index in [1.165, 1.54) is 19.2 Å². The molecule has 0 aliphatic rings. The lowest BCUT2D eigenvalue weighted by atomic mass is 10.2. The van der Waals surface area contributed by atoms with Crippen molar-refractivity contribution < 1.29 is 14.5 Å². The minimum atomic E-state index is -0.519. The SMILES string of the molecule is COc1ccc(C)cc1NC(=O)c1ccc([N+](=O)[O-])s1. The Morgan fingerprint density at radius 2 is 2.10 bits per heavy atom. The maximum absolute atomic E-state index is 12.1. The van der Waals surface area contributed by atoms with Crippen LogP contribution in [0.5, 0.6) is 5.75 Å². The number of thiophene rings is 1. The average Bonchev–Trinajstić information content (AvgIpc) is 2.89. The van der Waals surface area contributed by atoms with E-state index in [-0.39, 0.29) is 9.88 Å². The average molecular weight is 292 g/mol. The van der Waals surface area contributed by atoms with Gasteiger partial charge in [-0.25, -0.2) is 0 Å². The summed E-state index contributed by atoms with van der Waals surface area (Å²) in [6.07, 6.45) is 0. The van der Waals surface area contributed by atoms with Crippen molar-refractivity contribution in [3.8, 4) is 5.75 Å². The monoisotopic (exact) mass is 292 g/mol. The van der Waals surface area contributed by atoms with E-state index < -0.39 is 10.8 Å². The maximum Gasteiger partial charge on any atom is 0.324 e. The van der Waals surface area contributed by atoms with Gasteiger partial charge in [0.15, 0.2) is 0 Å². The van der Waals surface area contributed by atoms with Crippen LogP contribution in [0.2, 0.25) is 0 Å². The fourth-order valence-electron chi connectivity index (χ4n) is 1.65. The molecule has 1 aromatic heterocycles. The Hall–Kier alpha value is -2.41. The van der Waals surface area contributed by atoms with Crippen LogP contribution in [0.4, 0.5) is 10.7 Å². The molecule has 2 aromatic rings. The van der Waals surface area contributed by atoms with Crippen molar-refractivity contribution in [2.75, 3.05) is 12.4 Å². The largest absolute Gasteiger partial charge is 0.495 e. The lowest BCUT2D eigenvalue weighted by Gasteiger charge is -2.10. The first-order valence-corrected chi connectivity index (χ1v) is 6.53. The molecule has 0 bridgehead atoms. The summed E-state index contributed by atoms with van der Waals surface area (Å²) in [7, 11) is 1.51. The summed E-state index contributed by atoms with van der Waals surface area (Å²) in [4.78, 5) is 22.4. The van der Waals surface area contributed by atoms with Crippen LogP contribution < -0.4 is 10.1 Å². The van der Waals surface area contributed by atoms with Crippen LogP contribution in [0.25, 0.3) is 0 Å². The first kappa shape index (κ1) is 14.0. The number of carbonyl (C=O) groups is 1. The van der Waals surface area contributed by atoms with E-state index in [0.29, 0.717) is 11.4 Å². The lowest BCUT2D eigenvalue weighted by molar-refractivity contribution is -0.380. The molecule has 0 radical (unpaired) electrons. The molecule has 1 amide bonds. The van der Waals surface area contributed by atoms with Crippen LogP contribution in [0.1, 0.15) is 15.2 Å². The van der Waals surface area contributed by atoms with Gasteiger partial charge in [-0.2, -0.15) is 0 Å². The highest BCUT2D eigenvalue weighted by Gasteiger charge is 2.16. The first-order valence-electron chi connectivity index (χ1n) is 5.71. The highest BCUT2D eigenvalue weighted by Crippen LogP contribution is 2.28. The number of hydrogen-bond acceptors (Lipinski definition) is 5. The molecule has 7 heteroatoms. The van der Waals surface area contributed by atoms with Crippen LogP contribution in [0.15, 0.2) is 30.3 Å². The minimum absolute atomic E-state index is 0.0636. The summed E-state index contributed by atoms with van der Waals surface area (Å²) >= 11 is 0.834. The molecule has 0 unspecified atom stereocenters. The molecule has 0 atom stereocenters. The van der Waals surface area contributed by atoms with Crippen LogP contribution in [0, 0.1) is 17.0 Å². The molecule has 1 aromatic carbocycles. The molecule has 0 saturated heterocycles. The molecule has 0 aliphatic carbocycles. The Morgan fingerprint density at radius 1 is 1.35 bits per heavy atom. The summed E-state index contributed by atoms with van der Waals surface area (Å²) in [5.41, 5.74) is 1.51. The quantitative estimate of drug-likeness (QED) is 0.693. The Bertz CT molecular complexity index is 666. The zero-order valence-corrected chi connectivity index (χ0v) is 11.7. The van der Waals surface area contributed by atoms with Gasteiger partial charge in [0.25, 0.3) is 5.91 Å². The zero-order chi connectivity index (χ0) is 14.7. The van der Waals surface area contributed by atoms with Gasteiger partial charge in [0, 0.05) is 6.07 Å². The smallest absolute Gasteiger partial charge is 0.324 e. The summed E-state index contributed by atoms with van der Waals surface area (Å²) in [5, 5.41) is 13.2. The normalized spacial score (nSPS) is 10.1. The van der Waals surface area contributed by atoms with Gasteiger partial charge in [-0.1, -0.05) is 17.4 Å². The van der Waals surface area contributed by atoms with Crippen LogP contribution in [0.3, 0.4) is 0 Å². The lowest BCUT2D eigenvalue weighted by Crippen LogP contribution is -2.11. The molecule has 20 heavy (non-hydrogen) atoms. The number of ether oxygens (including phenoxy) is 1. The van der Waals surface area contributed by atoms with Crippen molar-refractivity contribution in [1.29, 1.82) is 0 Å². The maximum atomic E-state index is 12.1. The van der Waals surface area contributed by atoms with Gasteiger partial charge in [0.1, 0.15) is 5.75 Å². The van der Waals surface area contributed by atoms with E-state index in [1.807, 2.05) is 13.0 Å². The Morgan fingerprint density at radius 3 is 2.70 bits per heavy atom. The number of rotatable bonds is 4. The first-order chi connectivity index (χ1) is 9.51. The molecular weight excluding hydrogens is 280 g/mol. The molecule has 2 rings (SSSR count). The van der Waals surface area contributed by atoms with Crippen molar-refractivity contribution >= 4 is 27.9 Å². The van der Waals surface area contributed by atoms with Crippen molar-refractivity contribution in [2.24, 2.45) is 0 Å². The number of nitrogens with zero attached hydrogens (tertiary/aromatic N) is 1. The fourth-order valence-corrected chi connectivity index (χ4v) is 2.37. The van der Waals surface area contributed by atoms with E-state index >= 15 is 0 Å². The summed E-state index contributed by atoms with van der Waals surface area (Å²) in [6.45, 7) is 1.89. The molecule has 0 spiro atoms. The highest BCUT2D eigenvalue weighted by atomic mass is 32.1.